The van der Waals surface area contributed by atoms with Crippen LogP contribution >= 0.6 is 55.1 Å². The third-order valence-electron chi connectivity index (χ3n) is 7.35. The van der Waals surface area contributed by atoms with Gasteiger partial charge < -0.3 is 9.47 Å². The summed E-state index contributed by atoms with van der Waals surface area (Å²) in [4.78, 5) is 49.7. The van der Waals surface area contributed by atoms with Gasteiger partial charge in [0.25, 0.3) is 0 Å². The van der Waals surface area contributed by atoms with Gasteiger partial charge in [-0.05, 0) is 97.8 Å². The van der Waals surface area contributed by atoms with Gasteiger partial charge in [0.05, 0.1) is 23.6 Å². The molecule has 0 fully saturated rings. The van der Waals surface area contributed by atoms with Gasteiger partial charge in [-0.3, -0.25) is 9.59 Å². The summed E-state index contributed by atoms with van der Waals surface area (Å²) in [6, 6.07) is 22.9. The minimum atomic E-state index is -0.546. The summed E-state index contributed by atoms with van der Waals surface area (Å²) in [7, 11) is 0. The van der Waals surface area contributed by atoms with E-state index in [0.717, 1.165) is 34.6 Å². The third-order valence-corrected chi connectivity index (χ3v) is 8.84. The molecule has 14 heteroatoms. The number of benzene rings is 4. The maximum atomic E-state index is 12.5. The van der Waals surface area contributed by atoms with Gasteiger partial charge in [0.1, 0.15) is 11.5 Å². The fourth-order valence-corrected chi connectivity index (χ4v) is 5.66. The number of unbranched alkanes of at least 4 members (excludes halogenated alkanes) is 5. The van der Waals surface area contributed by atoms with Crippen LogP contribution in [0.5, 0.6) is 11.5 Å². The Morgan fingerprint density at radius 3 is 1.31 bits per heavy atom. The molecule has 0 saturated heterocycles. The van der Waals surface area contributed by atoms with E-state index in [1.54, 1.807) is 84.9 Å². The largest absolute Gasteiger partial charge is 0.422 e. The van der Waals surface area contributed by atoms with Gasteiger partial charge in [0, 0.05) is 43.0 Å². The molecule has 0 aliphatic heterocycles. The first kappa shape index (κ1) is 40.4. The first-order valence-electron chi connectivity index (χ1n) is 16.3. The Morgan fingerprint density at radius 1 is 0.558 bits per heavy atom. The number of nitrogens with zero attached hydrogens (tertiary/aromatic N) is 2. The average Bonchev–Trinajstić information content (AvgIpc) is 3.12. The molecule has 0 bridgehead atoms. The van der Waals surface area contributed by atoms with Crippen molar-refractivity contribution in [1.82, 2.24) is 10.9 Å². The molecule has 0 aliphatic rings. The second kappa shape index (κ2) is 21.2. The van der Waals surface area contributed by atoms with E-state index >= 15 is 0 Å². The van der Waals surface area contributed by atoms with E-state index in [0.29, 0.717) is 58.0 Å². The molecule has 2 N–H and O–H groups in total. The Kier molecular flexibility index (Phi) is 16.5. The minimum Gasteiger partial charge on any atom is -0.422 e. The number of hydrazone groups is 2. The van der Waals surface area contributed by atoms with E-state index in [-0.39, 0.29) is 23.3 Å². The Balaban J connectivity index is 1.09. The number of carbonyl (C=O) groups is 4. The molecule has 0 aromatic heterocycles. The summed E-state index contributed by atoms with van der Waals surface area (Å²) in [6.07, 6.45) is 8.45. The zero-order chi connectivity index (χ0) is 37.3. The van der Waals surface area contributed by atoms with Crippen molar-refractivity contribution in [3.63, 3.8) is 0 Å². The number of ether oxygens (including phenoxy) is 2. The Hall–Kier alpha value is -4.36. The fraction of sp³-hybridized carbons (Fsp3) is 0.211. The maximum absolute atomic E-state index is 12.5. The van der Waals surface area contributed by atoms with Crippen molar-refractivity contribution in [1.29, 1.82) is 0 Å². The van der Waals surface area contributed by atoms with E-state index in [9.17, 15) is 19.2 Å². The van der Waals surface area contributed by atoms with Crippen LogP contribution in [0.4, 0.5) is 0 Å². The van der Waals surface area contributed by atoms with Crippen molar-refractivity contribution in [3.8, 4) is 11.5 Å². The number of hydrogen-bond donors (Lipinski definition) is 2. The highest BCUT2D eigenvalue weighted by atomic mass is 79.9. The van der Waals surface area contributed by atoms with Crippen molar-refractivity contribution in [2.45, 2.75) is 51.4 Å². The normalized spacial score (nSPS) is 11.1. The fourth-order valence-electron chi connectivity index (χ4n) is 4.65. The van der Waals surface area contributed by atoms with E-state index in [1.807, 2.05) is 0 Å². The molecule has 52 heavy (non-hydrogen) atoms. The van der Waals surface area contributed by atoms with Crippen LogP contribution in [-0.2, 0) is 9.59 Å². The van der Waals surface area contributed by atoms with Crippen molar-refractivity contribution in [2.75, 3.05) is 0 Å². The minimum absolute atomic E-state index is 0.224. The Morgan fingerprint density at radius 2 is 0.923 bits per heavy atom. The average molecular weight is 873 g/mol. The van der Waals surface area contributed by atoms with Crippen molar-refractivity contribution < 1.29 is 28.7 Å². The second-order valence-electron chi connectivity index (χ2n) is 11.4. The van der Waals surface area contributed by atoms with Crippen molar-refractivity contribution in [2.24, 2.45) is 10.2 Å². The van der Waals surface area contributed by atoms with E-state index in [2.05, 4.69) is 52.9 Å². The van der Waals surface area contributed by atoms with Gasteiger partial charge in [-0.2, -0.15) is 10.2 Å². The van der Waals surface area contributed by atoms with Crippen LogP contribution in [0.3, 0.4) is 0 Å². The highest BCUT2D eigenvalue weighted by Gasteiger charge is 2.13. The summed E-state index contributed by atoms with van der Waals surface area (Å²) in [5.74, 6) is -0.964. The van der Waals surface area contributed by atoms with Crippen LogP contribution in [0.25, 0.3) is 0 Å². The molecular weight excluding hydrogens is 839 g/mol. The molecule has 2 amide bonds. The van der Waals surface area contributed by atoms with Gasteiger partial charge in [0.2, 0.25) is 11.8 Å². The number of esters is 2. The zero-order valence-corrected chi connectivity index (χ0v) is 32.4. The Labute approximate surface area is 328 Å². The lowest BCUT2D eigenvalue weighted by Gasteiger charge is -2.08. The lowest BCUT2D eigenvalue weighted by atomic mass is 10.1. The summed E-state index contributed by atoms with van der Waals surface area (Å²) in [5.41, 5.74) is 6.74. The topological polar surface area (TPSA) is 136 Å². The molecule has 4 rings (SSSR count). The molecule has 0 atom stereocenters. The molecule has 0 unspecified atom stereocenters. The summed E-state index contributed by atoms with van der Waals surface area (Å²) in [5, 5.41) is 9.09. The van der Waals surface area contributed by atoms with Gasteiger partial charge >= 0.3 is 11.9 Å². The Bertz CT molecular complexity index is 1780. The smallest absolute Gasteiger partial charge is 0.343 e. The number of carbonyl (C=O) groups excluding carboxylic acids is 4. The zero-order valence-electron chi connectivity index (χ0n) is 27.8. The molecule has 270 valence electrons. The lowest BCUT2D eigenvalue weighted by Crippen LogP contribution is -2.17. The quantitative estimate of drug-likeness (QED) is 0.0357. The summed E-state index contributed by atoms with van der Waals surface area (Å²) < 4.78 is 12.6. The SMILES string of the molecule is O=C(CCCCCCCCC(=O)NN=Cc1cc(Br)ccc1OC(=O)c1ccc(Cl)cc1)NN=Cc1cc(Br)ccc1OC(=O)c1ccc(Cl)cc1. The number of amides is 2. The predicted octanol–water partition coefficient (Wildman–Crippen LogP) is 9.68. The third kappa shape index (κ3) is 14.0. The molecular formula is C38H34Br2Cl2N4O6. The second-order valence-corrected chi connectivity index (χ2v) is 14.1. The first-order valence-corrected chi connectivity index (χ1v) is 18.6. The van der Waals surface area contributed by atoms with Crippen molar-refractivity contribution in [3.05, 3.63) is 126 Å². The van der Waals surface area contributed by atoms with Gasteiger partial charge in [0.15, 0.2) is 0 Å². The highest BCUT2D eigenvalue weighted by molar-refractivity contribution is 9.10. The van der Waals surface area contributed by atoms with Crippen LogP contribution in [-0.4, -0.2) is 36.2 Å². The molecule has 4 aromatic rings. The highest BCUT2D eigenvalue weighted by Crippen LogP contribution is 2.25. The maximum Gasteiger partial charge on any atom is 0.343 e. The van der Waals surface area contributed by atoms with Crippen LogP contribution in [0.1, 0.15) is 83.2 Å². The monoisotopic (exact) mass is 870 g/mol. The van der Waals surface area contributed by atoms with Gasteiger partial charge in [-0.25, -0.2) is 20.4 Å². The van der Waals surface area contributed by atoms with Crippen LogP contribution in [0.15, 0.2) is 104 Å². The number of rotatable bonds is 17. The van der Waals surface area contributed by atoms with Gasteiger partial charge in [-0.1, -0.05) is 80.7 Å². The number of hydrogen-bond acceptors (Lipinski definition) is 8. The molecule has 4 aromatic carbocycles. The number of nitrogens with one attached hydrogen (secondary N) is 2. The summed E-state index contributed by atoms with van der Waals surface area (Å²) >= 11 is 18.6. The lowest BCUT2D eigenvalue weighted by molar-refractivity contribution is -0.122. The van der Waals surface area contributed by atoms with E-state index < -0.39 is 11.9 Å². The van der Waals surface area contributed by atoms with Crippen LogP contribution < -0.4 is 20.3 Å². The summed E-state index contributed by atoms with van der Waals surface area (Å²) in [6.45, 7) is 0. The van der Waals surface area contributed by atoms with Crippen molar-refractivity contribution >= 4 is 91.2 Å². The standard InChI is InChI=1S/C38H34Br2Cl2N4O6/c39-29-13-19-33(51-37(49)25-9-15-31(41)16-10-25)27(21-29)23-43-45-35(47)7-5-3-1-2-4-6-8-36(48)46-44-24-28-22-30(40)14-20-34(28)52-38(50)26-11-17-32(42)18-12-26/h9-24H,1-8H2,(H,45,47)(H,46,48). The molecule has 0 heterocycles. The van der Waals surface area contributed by atoms with Crippen LogP contribution in [0, 0.1) is 0 Å². The van der Waals surface area contributed by atoms with E-state index in [4.69, 9.17) is 32.7 Å². The molecule has 10 nitrogen and oxygen atoms in total. The molecule has 0 spiro atoms. The van der Waals surface area contributed by atoms with E-state index in [1.165, 1.54) is 12.4 Å². The van der Waals surface area contributed by atoms with Gasteiger partial charge in [-0.15, -0.1) is 0 Å². The molecule has 0 aliphatic carbocycles. The molecule has 0 saturated carbocycles. The predicted molar refractivity (Wildman–Crippen MR) is 210 cm³/mol. The first-order chi connectivity index (χ1) is 25.1. The number of halogens is 4. The van der Waals surface area contributed by atoms with Crippen LogP contribution in [0.2, 0.25) is 10.0 Å². The molecule has 0 radical (unpaired) electrons.